The predicted octanol–water partition coefficient (Wildman–Crippen LogP) is 3.76. The molecule has 3 nitrogen and oxygen atoms in total. The van der Waals surface area contributed by atoms with Crippen molar-refractivity contribution in [2.24, 2.45) is 0 Å². The number of anilines is 1. The molecule has 20 heavy (non-hydrogen) atoms. The molecule has 2 aromatic rings. The van der Waals surface area contributed by atoms with E-state index in [1.807, 2.05) is 54.4 Å². The van der Waals surface area contributed by atoms with E-state index in [1.165, 1.54) is 7.11 Å². The summed E-state index contributed by atoms with van der Waals surface area (Å²) in [4.78, 5) is 13.8. The number of hydrogen-bond acceptors (Lipinski definition) is 3. The molecule has 2 rings (SSSR count). The first kappa shape index (κ1) is 14.4. The average molecular weight is 290 g/mol. The first-order chi connectivity index (χ1) is 9.63. The fourth-order valence-corrected chi connectivity index (χ4v) is 2.25. The van der Waals surface area contributed by atoms with Gasteiger partial charge in [-0.3, -0.25) is 0 Å². The van der Waals surface area contributed by atoms with Crippen molar-refractivity contribution < 1.29 is 9.53 Å². The normalized spacial score (nSPS) is 10.2. The van der Waals surface area contributed by atoms with E-state index in [2.05, 4.69) is 0 Å². The van der Waals surface area contributed by atoms with Gasteiger partial charge in [-0.2, -0.15) is 0 Å². The number of halogens is 1. The number of ether oxygens (including phenoxy) is 1. The summed E-state index contributed by atoms with van der Waals surface area (Å²) in [7, 11) is 3.30. The Morgan fingerprint density at radius 3 is 2.50 bits per heavy atom. The van der Waals surface area contributed by atoms with Crippen LogP contribution in [0.5, 0.6) is 0 Å². The van der Waals surface area contributed by atoms with Gasteiger partial charge in [0.1, 0.15) is 0 Å². The second-order valence-corrected chi connectivity index (χ2v) is 4.86. The molecule has 0 unspecified atom stereocenters. The van der Waals surface area contributed by atoms with Gasteiger partial charge >= 0.3 is 5.97 Å². The smallest absolute Gasteiger partial charge is 0.339 e. The SMILES string of the molecule is COC(=O)c1ccccc1N(C)Cc1ccccc1Cl. The van der Waals surface area contributed by atoms with Crippen molar-refractivity contribution in [1.29, 1.82) is 0 Å². The molecule has 0 saturated carbocycles. The van der Waals surface area contributed by atoms with Crippen LogP contribution >= 0.6 is 11.6 Å². The van der Waals surface area contributed by atoms with Crippen LogP contribution in [0.1, 0.15) is 15.9 Å². The van der Waals surface area contributed by atoms with E-state index in [0.29, 0.717) is 12.1 Å². The molecule has 2 aromatic carbocycles. The molecule has 0 bridgehead atoms. The van der Waals surface area contributed by atoms with E-state index in [1.54, 1.807) is 6.07 Å². The van der Waals surface area contributed by atoms with E-state index in [9.17, 15) is 4.79 Å². The standard InChI is InChI=1S/C16H16ClNO2/c1-18(11-12-7-3-5-9-14(12)17)15-10-6-4-8-13(15)16(19)20-2/h3-10H,11H2,1-2H3. The van der Waals surface area contributed by atoms with E-state index < -0.39 is 0 Å². The van der Waals surface area contributed by atoms with Gasteiger partial charge in [-0.05, 0) is 23.8 Å². The summed E-state index contributed by atoms with van der Waals surface area (Å²) >= 11 is 6.17. The van der Waals surface area contributed by atoms with Crippen LogP contribution in [0.4, 0.5) is 5.69 Å². The van der Waals surface area contributed by atoms with Crippen LogP contribution in [0.3, 0.4) is 0 Å². The second-order valence-electron chi connectivity index (χ2n) is 4.46. The number of methoxy groups -OCH3 is 1. The Kier molecular flexibility index (Phi) is 4.64. The van der Waals surface area contributed by atoms with Gasteiger partial charge in [-0.1, -0.05) is 41.9 Å². The average Bonchev–Trinajstić information content (AvgIpc) is 2.48. The fraction of sp³-hybridized carbons (Fsp3) is 0.188. The number of esters is 1. The van der Waals surface area contributed by atoms with Crippen molar-refractivity contribution in [3.05, 3.63) is 64.7 Å². The molecule has 0 fully saturated rings. The maximum absolute atomic E-state index is 11.8. The number of nitrogens with zero attached hydrogens (tertiary/aromatic N) is 1. The van der Waals surface area contributed by atoms with Crippen molar-refractivity contribution in [3.63, 3.8) is 0 Å². The first-order valence-electron chi connectivity index (χ1n) is 6.25. The zero-order valence-electron chi connectivity index (χ0n) is 11.5. The number of rotatable bonds is 4. The van der Waals surface area contributed by atoms with Crippen LogP contribution in [0, 0.1) is 0 Å². The number of benzene rings is 2. The summed E-state index contributed by atoms with van der Waals surface area (Å²) in [6.45, 7) is 0.619. The quantitative estimate of drug-likeness (QED) is 0.803. The van der Waals surface area contributed by atoms with Gasteiger partial charge in [-0.15, -0.1) is 0 Å². The molecule has 0 radical (unpaired) electrons. The van der Waals surface area contributed by atoms with Crippen LogP contribution < -0.4 is 4.90 Å². The van der Waals surface area contributed by atoms with Crippen LogP contribution in [0.15, 0.2) is 48.5 Å². The topological polar surface area (TPSA) is 29.5 Å². The summed E-state index contributed by atoms with van der Waals surface area (Å²) in [6, 6.07) is 15.0. The van der Waals surface area contributed by atoms with Gasteiger partial charge < -0.3 is 9.64 Å². The summed E-state index contributed by atoms with van der Waals surface area (Å²) in [5, 5.41) is 0.717. The Morgan fingerprint density at radius 2 is 1.80 bits per heavy atom. The van der Waals surface area contributed by atoms with E-state index in [4.69, 9.17) is 16.3 Å². The molecule has 0 saturated heterocycles. The number of carbonyl (C=O) groups is 1. The molecule has 0 heterocycles. The molecule has 0 aliphatic carbocycles. The van der Waals surface area contributed by atoms with Gasteiger partial charge in [0.05, 0.1) is 18.4 Å². The third-order valence-corrected chi connectivity index (χ3v) is 3.45. The monoisotopic (exact) mass is 289 g/mol. The van der Waals surface area contributed by atoms with Crippen molar-refractivity contribution in [1.82, 2.24) is 0 Å². The third-order valence-electron chi connectivity index (χ3n) is 3.09. The van der Waals surface area contributed by atoms with Crippen LogP contribution in [-0.2, 0) is 11.3 Å². The summed E-state index contributed by atoms with van der Waals surface area (Å²) in [5.74, 6) is -0.341. The molecule has 4 heteroatoms. The van der Waals surface area contributed by atoms with Crippen LogP contribution in [-0.4, -0.2) is 20.1 Å². The Hall–Kier alpha value is -2.00. The summed E-state index contributed by atoms with van der Waals surface area (Å²) in [5.41, 5.74) is 2.38. The molecule has 0 aromatic heterocycles. The predicted molar refractivity (Wildman–Crippen MR) is 81.3 cm³/mol. The second kappa shape index (κ2) is 6.44. The maximum Gasteiger partial charge on any atom is 0.339 e. The highest BCUT2D eigenvalue weighted by Crippen LogP contribution is 2.24. The molecule has 0 aliphatic heterocycles. The minimum Gasteiger partial charge on any atom is -0.465 e. The zero-order chi connectivity index (χ0) is 14.5. The van der Waals surface area contributed by atoms with E-state index in [-0.39, 0.29) is 5.97 Å². The van der Waals surface area contributed by atoms with E-state index >= 15 is 0 Å². The van der Waals surface area contributed by atoms with E-state index in [0.717, 1.165) is 16.3 Å². The van der Waals surface area contributed by atoms with Crippen LogP contribution in [0.2, 0.25) is 5.02 Å². The molecule has 0 aliphatic rings. The molecule has 0 atom stereocenters. The highest BCUT2D eigenvalue weighted by atomic mass is 35.5. The molecule has 0 spiro atoms. The highest BCUT2D eigenvalue weighted by molar-refractivity contribution is 6.31. The van der Waals surface area contributed by atoms with Gasteiger partial charge in [0.15, 0.2) is 0 Å². The van der Waals surface area contributed by atoms with Gasteiger partial charge in [0.25, 0.3) is 0 Å². The number of para-hydroxylation sites is 1. The zero-order valence-corrected chi connectivity index (χ0v) is 12.2. The highest BCUT2D eigenvalue weighted by Gasteiger charge is 2.14. The lowest BCUT2D eigenvalue weighted by molar-refractivity contribution is 0.0601. The van der Waals surface area contributed by atoms with Gasteiger partial charge in [0.2, 0.25) is 0 Å². The van der Waals surface area contributed by atoms with Crippen molar-refractivity contribution >= 4 is 23.3 Å². The van der Waals surface area contributed by atoms with Crippen molar-refractivity contribution in [2.75, 3.05) is 19.1 Å². The fourth-order valence-electron chi connectivity index (χ4n) is 2.06. The van der Waals surface area contributed by atoms with Crippen LogP contribution in [0.25, 0.3) is 0 Å². The molecular formula is C16H16ClNO2. The Morgan fingerprint density at radius 1 is 1.15 bits per heavy atom. The number of carbonyl (C=O) groups excluding carboxylic acids is 1. The molecule has 0 N–H and O–H groups in total. The number of hydrogen-bond donors (Lipinski definition) is 0. The van der Waals surface area contributed by atoms with Crippen molar-refractivity contribution in [2.45, 2.75) is 6.54 Å². The molecular weight excluding hydrogens is 274 g/mol. The lowest BCUT2D eigenvalue weighted by Gasteiger charge is -2.22. The Balaban J connectivity index is 2.28. The lowest BCUT2D eigenvalue weighted by atomic mass is 10.1. The molecule has 104 valence electrons. The van der Waals surface area contributed by atoms with Gasteiger partial charge in [0, 0.05) is 18.6 Å². The minimum absolute atomic E-state index is 0.341. The lowest BCUT2D eigenvalue weighted by Crippen LogP contribution is -2.20. The first-order valence-corrected chi connectivity index (χ1v) is 6.63. The Bertz CT molecular complexity index is 613. The maximum atomic E-state index is 11.8. The van der Waals surface area contributed by atoms with Gasteiger partial charge in [-0.25, -0.2) is 4.79 Å². The largest absolute Gasteiger partial charge is 0.465 e. The summed E-state index contributed by atoms with van der Waals surface area (Å²) in [6.07, 6.45) is 0. The third kappa shape index (κ3) is 3.11. The molecule has 0 amide bonds. The minimum atomic E-state index is -0.341. The Labute approximate surface area is 123 Å². The summed E-state index contributed by atoms with van der Waals surface area (Å²) < 4.78 is 4.81. The van der Waals surface area contributed by atoms with Crippen molar-refractivity contribution in [3.8, 4) is 0 Å².